The summed E-state index contributed by atoms with van der Waals surface area (Å²) in [6.07, 6.45) is -15.6. The van der Waals surface area contributed by atoms with E-state index in [1.807, 2.05) is 0 Å². The van der Waals surface area contributed by atoms with E-state index in [-0.39, 0.29) is 19.5 Å². The molecule has 1 unspecified atom stereocenters. The summed E-state index contributed by atoms with van der Waals surface area (Å²) in [5.41, 5.74) is 0. The van der Waals surface area contributed by atoms with E-state index < -0.39 is 74.6 Å². The van der Waals surface area contributed by atoms with Crippen molar-refractivity contribution in [2.75, 3.05) is 13.2 Å². The van der Waals surface area contributed by atoms with Gasteiger partial charge in [0, 0.05) is 19.5 Å². The van der Waals surface area contributed by atoms with E-state index in [2.05, 4.69) is 0 Å². The second-order valence-corrected chi connectivity index (χ2v) is 5.53. The molecule has 138 valence electrons. The molecule has 0 aliphatic carbocycles. The number of rotatable bonds is 4. The minimum Gasteiger partial charge on any atom is -0.394 e. The summed E-state index contributed by atoms with van der Waals surface area (Å²) in [6.45, 7) is -1.35. The van der Waals surface area contributed by atoms with Gasteiger partial charge < -0.3 is 55.1 Å². The zero-order valence-electron chi connectivity index (χ0n) is 12.7. The van der Waals surface area contributed by atoms with Crippen LogP contribution in [0.15, 0.2) is 0 Å². The third-order valence-corrected chi connectivity index (χ3v) is 3.98. The van der Waals surface area contributed by atoms with Crippen LogP contribution in [0.5, 0.6) is 0 Å². The minimum atomic E-state index is -1.74. The Morgan fingerprint density at radius 2 is 1.25 bits per heavy atom. The van der Waals surface area contributed by atoms with Crippen molar-refractivity contribution < 1.29 is 74.5 Å². The van der Waals surface area contributed by atoms with E-state index in [0.717, 1.165) is 0 Å². The summed E-state index contributed by atoms with van der Waals surface area (Å²) in [5.74, 6) is 0. The van der Waals surface area contributed by atoms with E-state index in [0.29, 0.717) is 0 Å². The third-order valence-electron chi connectivity index (χ3n) is 3.98. The number of hydrogen-bond acceptors (Lipinski definition) is 11. The summed E-state index contributed by atoms with van der Waals surface area (Å²) >= 11 is 0. The molecule has 10 atom stereocenters. The fourth-order valence-electron chi connectivity index (χ4n) is 2.57. The maximum absolute atomic E-state index is 9.94. The molecule has 0 aromatic carbocycles. The van der Waals surface area contributed by atoms with Gasteiger partial charge in [-0.15, -0.1) is 0 Å². The van der Waals surface area contributed by atoms with Crippen LogP contribution in [0.3, 0.4) is 0 Å². The first-order chi connectivity index (χ1) is 10.8. The molecule has 2 aliphatic rings. The van der Waals surface area contributed by atoms with Crippen LogP contribution in [0, 0.1) is 0 Å². The Balaban J connectivity index is 0.00000288. The summed E-state index contributed by atoms with van der Waals surface area (Å²) in [4.78, 5) is 0. The Bertz CT molecular complexity index is 384. The van der Waals surface area contributed by atoms with Crippen molar-refractivity contribution >= 4 is 0 Å². The molecule has 0 aromatic heterocycles. The van der Waals surface area contributed by atoms with Gasteiger partial charge in [-0.25, -0.2) is 0 Å². The van der Waals surface area contributed by atoms with Gasteiger partial charge in [-0.1, -0.05) is 0 Å². The molecular weight excluding hydrogens is 386 g/mol. The molecule has 2 saturated heterocycles. The Hall–Kier alpha value is 0.183. The molecule has 11 nitrogen and oxygen atoms in total. The third kappa shape index (κ3) is 4.29. The molecular formula is C12H22O11Zn. The predicted octanol–water partition coefficient (Wildman–Crippen LogP) is -5.40. The van der Waals surface area contributed by atoms with Crippen LogP contribution in [0.1, 0.15) is 0 Å². The molecule has 0 spiro atoms. The Morgan fingerprint density at radius 1 is 0.667 bits per heavy atom. The standard InChI is InChI=1S/C12H22O11.Zn/c13-1-3-5(15)6(16)9(19)12(22-3)23-10-4(2-14)21-11(20)8(18)7(10)17;/h3-20H,1-2H2;/t3-,4-,5+,6+,7-,8-,9-,10-,11?,12+;/m1./s1. The van der Waals surface area contributed by atoms with E-state index in [1.165, 1.54) is 0 Å². The molecule has 2 fully saturated rings. The molecule has 2 rings (SSSR count). The second kappa shape index (κ2) is 9.22. The van der Waals surface area contributed by atoms with Crippen molar-refractivity contribution in [1.82, 2.24) is 0 Å². The largest absolute Gasteiger partial charge is 0.394 e. The second-order valence-electron chi connectivity index (χ2n) is 5.53. The van der Waals surface area contributed by atoms with Gasteiger partial charge in [0.15, 0.2) is 12.6 Å². The molecule has 0 aromatic rings. The van der Waals surface area contributed by atoms with Gasteiger partial charge in [-0.2, -0.15) is 0 Å². The maximum atomic E-state index is 9.94. The molecule has 12 heteroatoms. The number of ether oxygens (including phenoxy) is 3. The van der Waals surface area contributed by atoms with Crippen molar-refractivity contribution in [1.29, 1.82) is 0 Å². The van der Waals surface area contributed by atoms with Gasteiger partial charge in [-0.3, -0.25) is 0 Å². The van der Waals surface area contributed by atoms with Crippen LogP contribution in [0.4, 0.5) is 0 Å². The van der Waals surface area contributed by atoms with Crippen LogP contribution in [0.25, 0.3) is 0 Å². The summed E-state index contributed by atoms with van der Waals surface area (Å²) in [6, 6.07) is 0. The van der Waals surface area contributed by atoms with Crippen molar-refractivity contribution in [2.24, 2.45) is 0 Å². The van der Waals surface area contributed by atoms with E-state index in [4.69, 9.17) is 19.3 Å². The Kier molecular flexibility index (Phi) is 8.53. The van der Waals surface area contributed by atoms with Crippen LogP contribution in [0.2, 0.25) is 0 Å². The maximum Gasteiger partial charge on any atom is 0.187 e. The molecule has 8 N–H and O–H groups in total. The van der Waals surface area contributed by atoms with Gasteiger partial charge >= 0.3 is 0 Å². The zero-order valence-corrected chi connectivity index (χ0v) is 15.7. The fourth-order valence-corrected chi connectivity index (χ4v) is 2.57. The molecule has 0 amide bonds. The number of hydrogen-bond donors (Lipinski definition) is 8. The molecule has 0 radical (unpaired) electrons. The fraction of sp³-hybridized carbons (Fsp3) is 1.00. The van der Waals surface area contributed by atoms with E-state index in [1.54, 1.807) is 0 Å². The average Bonchev–Trinajstić information content (AvgIpc) is 2.55. The van der Waals surface area contributed by atoms with Gasteiger partial charge in [0.05, 0.1) is 13.2 Å². The van der Waals surface area contributed by atoms with Crippen LogP contribution >= 0.6 is 0 Å². The van der Waals surface area contributed by atoms with Gasteiger partial charge in [0.2, 0.25) is 0 Å². The molecule has 24 heavy (non-hydrogen) atoms. The predicted molar refractivity (Wildman–Crippen MR) is 68.6 cm³/mol. The first kappa shape index (κ1) is 22.2. The van der Waals surface area contributed by atoms with E-state index >= 15 is 0 Å². The van der Waals surface area contributed by atoms with Crippen molar-refractivity contribution in [2.45, 2.75) is 61.4 Å². The zero-order chi connectivity index (χ0) is 17.3. The average molecular weight is 408 g/mol. The van der Waals surface area contributed by atoms with Crippen molar-refractivity contribution in [3.05, 3.63) is 0 Å². The number of aliphatic hydroxyl groups excluding tert-OH is 8. The Labute approximate surface area is 149 Å². The van der Waals surface area contributed by atoms with Gasteiger partial charge in [0.25, 0.3) is 0 Å². The first-order valence-corrected chi connectivity index (χ1v) is 7.08. The van der Waals surface area contributed by atoms with E-state index in [9.17, 15) is 35.7 Å². The summed E-state index contributed by atoms with van der Waals surface area (Å²) in [7, 11) is 0. The molecule has 0 bridgehead atoms. The van der Waals surface area contributed by atoms with Crippen LogP contribution in [-0.4, -0.2) is 115 Å². The molecule has 2 aliphatic heterocycles. The topological polar surface area (TPSA) is 190 Å². The summed E-state index contributed by atoms with van der Waals surface area (Å²) < 4.78 is 15.3. The van der Waals surface area contributed by atoms with Gasteiger partial charge in [-0.05, 0) is 0 Å². The van der Waals surface area contributed by atoms with Crippen molar-refractivity contribution in [3.8, 4) is 0 Å². The SMILES string of the molecule is OC[C@H]1O[C@@H](O[C@H]2[C@H](O)[C@@H](O)C(O)O[C@@H]2CO)[C@H](O)[C@@H](O)[C@H]1O.[Zn]. The van der Waals surface area contributed by atoms with Crippen molar-refractivity contribution in [3.63, 3.8) is 0 Å². The van der Waals surface area contributed by atoms with Gasteiger partial charge in [0.1, 0.15) is 48.8 Å². The Morgan fingerprint density at radius 3 is 1.79 bits per heavy atom. The normalized spacial score (nSPS) is 49.5. The minimum absolute atomic E-state index is 0. The number of aliphatic hydroxyl groups is 8. The monoisotopic (exact) mass is 406 g/mol. The smallest absolute Gasteiger partial charge is 0.187 e. The first-order valence-electron chi connectivity index (χ1n) is 7.08. The molecule has 0 saturated carbocycles. The summed E-state index contributed by atoms with van der Waals surface area (Å²) in [5, 5.41) is 76.5. The van der Waals surface area contributed by atoms with Crippen LogP contribution < -0.4 is 0 Å². The molecule has 2 heterocycles. The quantitative estimate of drug-likeness (QED) is 0.208. The van der Waals surface area contributed by atoms with Crippen LogP contribution in [-0.2, 0) is 33.7 Å².